The van der Waals surface area contributed by atoms with Crippen LogP contribution >= 0.6 is 0 Å². The molecule has 1 heterocycles. The third-order valence-electron chi connectivity index (χ3n) is 2.87. The SMILES string of the molecule is CC(N)Cc1nncn1C1CCCC1. The highest BCUT2D eigenvalue weighted by Crippen LogP contribution is 2.29. The first kappa shape index (κ1) is 9.65. The molecule has 0 bridgehead atoms. The van der Waals surface area contributed by atoms with Crippen molar-refractivity contribution in [3.05, 3.63) is 12.2 Å². The lowest BCUT2D eigenvalue weighted by atomic mass is 10.2. The van der Waals surface area contributed by atoms with Crippen LogP contribution in [0.4, 0.5) is 0 Å². The summed E-state index contributed by atoms with van der Waals surface area (Å²) in [6, 6.07) is 0.790. The van der Waals surface area contributed by atoms with Gasteiger partial charge < -0.3 is 10.3 Å². The molecule has 1 aliphatic rings. The van der Waals surface area contributed by atoms with Crippen LogP contribution in [0, 0.1) is 0 Å². The number of nitrogens with zero attached hydrogens (tertiary/aromatic N) is 3. The van der Waals surface area contributed by atoms with Gasteiger partial charge in [0.15, 0.2) is 0 Å². The van der Waals surface area contributed by atoms with Crippen molar-refractivity contribution >= 4 is 0 Å². The predicted octanol–water partition coefficient (Wildman–Crippen LogP) is 1.28. The molecule has 1 atom stereocenters. The maximum absolute atomic E-state index is 5.77. The Hall–Kier alpha value is -0.900. The van der Waals surface area contributed by atoms with E-state index in [1.165, 1.54) is 25.7 Å². The molecular weight excluding hydrogens is 176 g/mol. The molecule has 1 aromatic heterocycles. The largest absolute Gasteiger partial charge is 0.328 e. The van der Waals surface area contributed by atoms with Gasteiger partial charge in [0.1, 0.15) is 12.2 Å². The van der Waals surface area contributed by atoms with Crippen molar-refractivity contribution in [1.82, 2.24) is 14.8 Å². The fraction of sp³-hybridized carbons (Fsp3) is 0.800. The van der Waals surface area contributed by atoms with E-state index in [0.29, 0.717) is 6.04 Å². The number of rotatable bonds is 3. The second-order valence-electron chi connectivity index (χ2n) is 4.27. The Bertz CT molecular complexity index is 286. The molecule has 0 aromatic carbocycles. The molecule has 1 aromatic rings. The van der Waals surface area contributed by atoms with Crippen LogP contribution in [0.25, 0.3) is 0 Å². The molecule has 0 aliphatic heterocycles. The molecule has 0 radical (unpaired) electrons. The summed E-state index contributed by atoms with van der Waals surface area (Å²) in [5.41, 5.74) is 5.77. The highest BCUT2D eigenvalue weighted by Gasteiger charge is 2.19. The zero-order valence-electron chi connectivity index (χ0n) is 8.69. The fourth-order valence-electron chi connectivity index (χ4n) is 2.19. The van der Waals surface area contributed by atoms with Gasteiger partial charge in [-0.3, -0.25) is 0 Å². The smallest absolute Gasteiger partial charge is 0.134 e. The van der Waals surface area contributed by atoms with Crippen molar-refractivity contribution in [2.75, 3.05) is 0 Å². The third-order valence-corrected chi connectivity index (χ3v) is 2.87. The van der Waals surface area contributed by atoms with Gasteiger partial charge >= 0.3 is 0 Å². The summed E-state index contributed by atoms with van der Waals surface area (Å²) in [6.07, 6.45) is 7.89. The number of hydrogen-bond acceptors (Lipinski definition) is 3. The Morgan fingerprint density at radius 2 is 2.29 bits per heavy atom. The van der Waals surface area contributed by atoms with E-state index in [9.17, 15) is 0 Å². The molecule has 0 saturated heterocycles. The van der Waals surface area contributed by atoms with Gasteiger partial charge in [-0.1, -0.05) is 12.8 Å². The second kappa shape index (κ2) is 4.09. The van der Waals surface area contributed by atoms with Crippen LogP contribution in [0.5, 0.6) is 0 Å². The summed E-state index contributed by atoms with van der Waals surface area (Å²) in [7, 11) is 0. The summed E-state index contributed by atoms with van der Waals surface area (Å²) in [5, 5.41) is 8.11. The molecule has 4 nitrogen and oxygen atoms in total. The number of hydrogen-bond donors (Lipinski definition) is 1. The van der Waals surface area contributed by atoms with Gasteiger partial charge in [-0.15, -0.1) is 10.2 Å². The van der Waals surface area contributed by atoms with E-state index in [4.69, 9.17) is 5.73 Å². The molecule has 1 fully saturated rings. The number of nitrogens with two attached hydrogens (primary N) is 1. The Labute approximate surface area is 84.5 Å². The van der Waals surface area contributed by atoms with Gasteiger partial charge in [0.25, 0.3) is 0 Å². The van der Waals surface area contributed by atoms with E-state index in [-0.39, 0.29) is 6.04 Å². The first-order chi connectivity index (χ1) is 6.77. The Morgan fingerprint density at radius 3 is 2.93 bits per heavy atom. The van der Waals surface area contributed by atoms with Crippen molar-refractivity contribution in [3.8, 4) is 0 Å². The highest BCUT2D eigenvalue weighted by atomic mass is 15.3. The maximum Gasteiger partial charge on any atom is 0.134 e. The van der Waals surface area contributed by atoms with E-state index in [2.05, 4.69) is 14.8 Å². The lowest BCUT2D eigenvalue weighted by Gasteiger charge is -2.14. The van der Waals surface area contributed by atoms with E-state index >= 15 is 0 Å². The third kappa shape index (κ3) is 1.95. The summed E-state index contributed by atoms with van der Waals surface area (Å²) in [5.74, 6) is 1.05. The summed E-state index contributed by atoms with van der Waals surface area (Å²) < 4.78 is 2.22. The van der Waals surface area contributed by atoms with Crippen LogP contribution in [0.15, 0.2) is 6.33 Å². The molecule has 2 rings (SSSR count). The van der Waals surface area contributed by atoms with Crippen LogP contribution in [0.2, 0.25) is 0 Å². The molecular formula is C10H18N4. The minimum Gasteiger partial charge on any atom is -0.328 e. The van der Waals surface area contributed by atoms with E-state index in [1.807, 2.05) is 13.3 Å². The summed E-state index contributed by atoms with van der Waals surface area (Å²) in [4.78, 5) is 0. The quantitative estimate of drug-likeness (QED) is 0.788. The van der Waals surface area contributed by atoms with E-state index in [0.717, 1.165) is 12.2 Å². The van der Waals surface area contributed by atoms with E-state index in [1.54, 1.807) is 0 Å². The summed E-state index contributed by atoms with van der Waals surface area (Å²) >= 11 is 0. The van der Waals surface area contributed by atoms with Gasteiger partial charge in [0.2, 0.25) is 0 Å². The molecule has 1 unspecified atom stereocenters. The van der Waals surface area contributed by atoms with Gasteiger partial charge in [-0.25, -0.2) is 0 Å². The zero-order valence-corrected chi connectivity index (χ0v) is 8.69. The predicted molar refractivity (Wildman–Crippen MR) is 54.9 cm³/mol. The average molecular weight is 194 g/mol. The van der Waals surface area contributed by atoms with Gasteiger partial charge in [0, 0.05) is 18.5 Å². The topological polar surface area (TPSA) is 56.7 Å². The van der Waals surface area contributed by atoms with Crippen molar-refractivity contribution in [3.63, 3.8) is 0 Å². The molecule has 78 valence electrons. The van der Waals surface area contributed by atoms with Crippen molar-refractivity contribution in [2.24, 2.45) is 5.73 Å². The first-order valence-electron chi connectivity index (χ1n) is 5.41. The minimum atomic E-state index is 0.166. The molecule has 1 aliphatic carbocycles. The number of aromatic nitrogens is 3. The lowest BCUT2D eigenvalue weighted by molar-refractivity contribution is 0.488. The van der Waals surface area contributed by atoms with Gasteiger partial charge in [0.05, 0.1) is 0 Å². The zero-order chi connectivity index (χ0) is 9.97. The van der Waals surface area contributed by atoms with Gasteiger partial charge in [-0.2, -0.15) is 0 Å². The Kier molecular flexibility index (Phi) is 2.82. The second-order valence-corrected chi connectivity index (χ2v) is 4.27. The first-order valence-corrected chi connectivity index (χ1v) is 5.41. The van der Waals surface area contributed by atoms with Crippen molar-refractivity contribution < 1.29 is 0 Å². The van der Waals surface area contributed by atoms with E-state index < -0.39 is 0 Å². The molecule has 0 spiro atoms. The lowest BCUT2D eigenvalue weighted by Crippen LogP contribution is -2.21. The normalized spacial score (nSPS) is 20.1. The van der Waals surface area contributed by atoms with Crippen molar-refractivity contribution in [1.29, 1.82) is 0 Å². The summed E-state index contributed by atoms with van der Waals surface area (Å²) in [6.45, 7) is 2.01. The monoisotopic (exact) mass is 194 g/mol. The molecule has 2 N–H and O–H groups in total. The minimum absolute atomic E-state index is 0.166. The average Bonchev–Trinajstić information content (AvgIpc) is 2.70. The molecule has 4 heteroatoms. The van der Waals surface area contributed by atoms with Crippen LogP contribution in [-0.4, -0.2) is 20.8 Å². The standard InChI is InChI=1S/C10H18N4/c1-8(11)6-10-13-12-7-14(10)9-4-2-3-5-9/h7-9H,2-6,11H2,1H3. The van der Waals surface area contributed by atoms with Crippen LogP contribution < -0.4 is 5.73 Å². The highest BCUT2D eigenvalue weighted by molar-refractivity contribution is 4.93. The Balaban J connectivity index is 2.12. The van der Waals surface area contributed by atoms with Crippen LogP contribution in [-0.2, 0) is 6.42 Å². The van der Waals surface area contributed by atoms with Crippen LogP contribution in [0.3, 0.4) is 0 Å². The molecule has 1 saturated carbocycles. The van der Waals surface area contributed by atoms with Gasteiger partial charge in [-0.05, 0) is 19.8 Å². The van der Waals surface area contributed by atoms with Crippen molar-refractivity contribution in [2.45, 2.75) is 51.1 Å². The Morgan fingerprint density at radius 1 is 1.57 bits per heavy atom. The molecule has 14 heavy (non-hydrogen) atoms. The van der Waals surface area contributed by atoms with Crippen LogP contribution in [0.1, 0.15) is 44.5 Å². The fourth-order valence-corrected chi connectivity index (χ4v) is 2.19. The maximum atomic E-state index is 5.77. The molecule has 0 amide bonds.